The van der Waals surface area contributed by atoms with Crippen LogP contribution in [-0.2, 0) is 14.3 Å². The average Bonchev–Trinajstić information content (AvgIpc) is 3.31. The summed E-state index contributed by atoms with van der Waals surface area (Å²) in [5.41, 5.74) is 2.51. The molecule has 0 fully saturated rings. The van der Waals surface area contributed by atoms with Crippen LogP contribution < -0.4 is 9.47 Å². The van der Waals surface area contributed by atoms with E-state index in [9.17, 15) is 9.59 Å². The van der Waals surface area contributed by atoms with E-state index in [0.717, 1.165) is 16.8 Å². The maximum Gasteiger partial charge on any atom is 0.262 e. The highest BCUT2D eigenvalue weighted by molar-refractivity contribution is 6.05. The van der Waals surface area contributed by atoms with Crippen LogP contribution in [-0.4, -0.2) is 68.5 Å². The van der Waals surface area contributed by atoms with Crippen molar-refractivity contribution in [2.45, 2.75) is 25.8 Å². The molecule has 0 saturated carbocycles. The number of amides is 2. The van der Waals surface area contributed by atoms with Crippen LogP contribution in [0.2, 0.25) is 0 Å². The minimum atomic E-state index is -0.276. The number of hydrazone groups is 1. The van der Waals surface area contributed by atoms with Crippen molar-refractivity contribution in [2.75, 3.05) is 41.0 Å². The predicted octanol–water partition coefficient (Wildman–Crippen LogP) is 3.27. The highest BCUT2D eigenvalue weighted by Gasteiger charge is 2.35. The molecule has 1 unspecified atom stereocenters. The van der Waals surface area contributed by atoms with Gasteiger partial charge < -0.3 is 19.1 Å². The Hall–Kier alpha value is -3.39. The van der Waals surface area contributed by atoms with E-state index in [1.54, 1.807) is 34.3 Å². The fourth-order valence-corrected chi connectivity index (χ4v) is 3.83. The molecule has 0 aromatic heterocycles. The molecule has 8 nitrogen and oxygen atoms in total. The van der Waals surface area contributed by atoms with Gasteiger partial charge in [0.25, 0.3) is 5.91 Å². The van der Waals surface area contributed by atoms with Crippen LogP contribution in [0, 0.1) is 0 Å². The molecule has 1 heterocycles. The molecule has 2 aromatic rings. The zero-order valence-corrected chi connectivity index (χ0v) is 19.6. The van der Waals surface area contributed by atoms with Gasteiger partial charge in [-0.2, -0.15) is 5.10 Å². The van der Waals surface area contributed by atoms with Gasteiger partial charge in [-0.15, -0.1) is 0 Å². The standard InChI is InChI=1S/C25H31N3O5/c1-5-24(29)27(13-14-31-2)17-25(30)28-22(18-9-7-6-8-10-18)16-21(26-28)20-12-11-19(32-3)15-23(20)33-4/h6-12,15,22H,5,13-14,16-17H2,1-4H3. The molecule has 0 bridgehead atoms. The molecular weight excluding hydrogens is 422 g/mol. The Balaban J connectivity index is 1.94. The second-order valence-corrected chi connectivity index (χ2v) is 7.64. The van der Waals surface area contributed by atoms with Gasteiger partial charge in [0.1, 0.15) is 18.0 Å². The molecule has 8 heteroatoms. The molecule has 0 radical (unpaired) electrons. The number of carbonyl (C=O) groups excluding carboxylic acids is 2. The molecule has 0 spiro atoms. The van der Waals surface area contributed by atoms with Gasteiger partial charge in [-0.3, -0.25) is 9.59 Å². The van der Waals surface area contributed by atoms with E-state index in [1.165, 1.54) is 9.91 Å². The van der Waals surface area contributed by atoms with Crippen molar-refractivity contribution in [2.24, 2.45) is 5.10 Å². The fourth-order valence-electron chi connectivity index (χ4n) is 3.83. The van der Waals surface area contributed by atoms with Gasteiger partial charge in [-0.05, 0) is 17.7 Å². The molecule has 0 N–H and O–H groups in total. The summed E-state index contributed by atoms with van der Waals surface area (Å²) >= 11 is 0. The summed E-state index contributed by atoms with van der Waals surface area (Å²) in [6.07, 6.45) is 0.842. The number of hydrogen-bond donors (Lipinski definition) is 0. The fraction of sp³-hybridized carbons (Fsp3) is 0.400. The molecule has 33 heavy (non-hydrogen) atoms. The zero-order valence-electron chi connectivity index (χ0n) is 19.6. The minimum absolute atomic E-state index is 0.0596. The van der Waals surface area contributed by atoms with Crippen LogP contribution in [0.25, 0.3) is 0 Å². The molecule has 3 rings (SSSR count). The van der Waals surface area contributed by atoms with Crippen molar-refractivity contribution in [3.8, 4) is 11.5 Å². The molecule has 1 aliphatic rings. The second-order valence-electron chi connectivity index (χ2n) is 7.64. The van der Waals surface area contributed by atoms with Crippen LogP contribution in [0.3, 0.4) is 0 Å². The van der Waals surface area contributed by atoms with E-state index >= 15 is 0 Å². The topological polar surface area (TPSA) is 80.7 Å². The number of benzene rings is 2. The third-order valence-corrected chi connectivity index (χ3v) is 5.62. The SMILES string of the molecule is CCC(=O)N(CCOC)CC(=O)N1N=C(c2ccc(OC)cc2OC)CC1c1ccccc1. The summed E-state index contributed by atoms with van der Waals surface area (Å²) in [6.45, 7) is 2.43. The molecule has 2 aromatic carbocycles. The van der Waals surface area contributed by atoms with Crippen molar-refractivity contribution < 1.29 is 23.8 Å². The van der Waals surface area contributed by atoms with Gasteiger partial charge in [-0.25, -0.2) is 5.01 Å². The Morgan fingerprint density at radius 2 is 1.85 bits per heavy atom. The first-order valence-corrected chi connectivity index (χ1v) is 11.0. The summed E-state index contributed by atoms with van der Waals surface area (Å²) in [4.78, 5) is 27.3. The quantitative estimate of drug-likeness (QED) is 0.552. The lowest BCUT2D eigenvalue weighted by molar-refractivity contribution is -0.141. The summed E-state index contributed by atoms with van der Waals surface area (Å²) in [7, 11) is 4.76. The van der Waals surface area contributed by atoms with Crippen LogP contribution in [0.15, 0.2) is 53.6 Å². The Bertz CT molecular complexity index is 993. The van der Waals surface area contributed by atoms with Gasteiger partial charge in [0, 0.05) is 38.1 Å². The summed E-state index contributed by atoms with van der Waals surface area (Å²) in [5.74, 6) is 0.951. The van der Waals surface area contributed by atoms with Crippen molar-refractivity contribution in [1.29, 1.82) is 0 Å². The Kier molecular flexibility index (Phi) is 8.43. The molecular formula is C25H31N3O5. The van der Waals surface area contributed by atoms with Crippen LogP contribution in [0.1, 0.15) is 36.9 Å². The van der Waals surface area contributed by atoms with Crippen LogP contribution in [0.4, 0.5) is 0 Å². The third-order valence-electron chi connectivity index (χ3n) is 5.62. The maximum absolute atomic E-state index is 13.4. The molecule has 176 valence electrons. The predicted molar refractivity (Wildman–Crippen MR) is 125 cm³/mol. The highest BCUT2D eigenvalue weighted by Crippen LogP contribution is 2.36. The van der Waals surface area contributed by atoms with E-state index in [2.05, 4.69) is 0 Å². The molecule has 0 saturated heterocycles. The largest absolute Gasteiger partial charge is 0.497 e. The first-order valence-electron chi connectivity index (χ1n) is 11.0. The zero-order chi connectivity index (χ0) is 23.8. The average molecular weight is 454 g/mol. The number of carbonyl (C=O) groups is 2. The van der Waals surface area contributed by atoms with E-state index < -0.39 is 0 Å². The molecule has 2 amide bonds. The van der Waals surface area contributed by atoms with E-state index in [-0.39, 0.29) is 24.4 Å². The second kappa shape index (κ2) is 11.5. The monoisotopic (exact) mass is 453 g/mol. The Labute approximate surface area is 194 Å². The van der Waals surface area contributed by atoms with Gasteiger partial charge in [0.05, 0.1) is 32.6 Å². The maximum atomic E-state index is 13.4. The van der Waals surface area contributed by atoms with Gasteiger partial charge in [-0.1, -0.05) is 37.3 Å². The van der Waals surface area contributed by atoms with Gasteiger partial charge in [0.15, 0.2) is 0 Å². The van der Waals surface area contributed by atoms with Crippen LogP contribution in [0.5, 0.6) is 11.5 Å². The summed E-state index contributed by atoms with van der Waals surface area (Å²) in [5, 5.41) is 6.21. The smallest absolute Gasteiger partial charge is 0.262 e. The number of methoxy groups -OCH3 is 3. The summed E-state index contributed by atoms with van der Waals surface area (Å²) < 4.78 is 16.0. The first kappa shape index (κ1) is 24.3. The summed E-state index contributed by atoms with van der Waals surface area (Å²) in [6, 6.07) is 15.0. The van der Waals surface area contributed by atoms with Crippen molar-refractivity contribution in [3.63, 3.8) is 0 Å². The first-order chi connectivity index (χ1) is 16.0. The lowest BCUT2D eigenvalue weighted by Gasteiger charge is -2.26. The lowest BCUT2D eigenvalue weighted by atomic mass is 9.98. The third kappa shape index (κ3) is 5.70. The Morgan fingerprint density at radius 3 is 2.48 bits per heavy atom. The normalized spacial score (nSPS) is 15.2. The number of ether oxygens (including phenoxy) is 3. The van der Waals surface area contributed by atoms with Gasteiger partial charge in [0.2, 0.25) is 5.91 Å². The molecule has 1 aliphatic heterocycles. The van der Waals surface area contributed by atoms with E-state index in [1.807, 2.05) is 42.5 Å². The number of hydrogen-bond acceptors (Lipinski definition) is 6. The number of rotatable bonds is 10. The van der Waals surface area contributed by atoms with Crippen molar-refractivity contribution in [1.82, 2.24) is 9.91 Å². The van der Waals surface area contributed by atoms with Crippen LogP contribution >= 0.6 is 0 Å². The van der Waals surface area contributed by atoms with Crippen molar-refractivity contribution >= 4 is 17.5 Å². The van der Waals surface area contributed by atoms with E-state index in [4.69, 9.17) is 19.3 Å². The highest BCUT2D eigenvalue weighted by atomic mass is 16.5. The van der Waals surface area contributed by atoms with Crippen molar-refractivity contribution in [3.05, 3.63) is 59.7 Å². The Morgan fingerprint density at radius 1 is 1.09 bits per heavy atom. The lowest BCUT2D eigenvalue weighted by Crippen LogP contribution is -2.42. The minimum Gasteiger partial charge on any atom is -0.497 e. The van der Waals surface area contributed by atoms with Gasteiger partial charge >= 0.3 is 0 Å². The number of nitrogens with zero attached hydrogens (tertiary/aromatic N) is 3. The molecule has 1 atom stereocenters. The van der Waals surface area contributed by atoms with E-state index in [0.29, 0.717) is 37.5 Å². The molecule has 0 aliphatic carbocycles.